The summed E-state index contributed by atoms with van der Waals surface area (Å²) in [4.78, 5) is 24.5. The van der Waals surface area contributed by atoms with Gasteiger partial charge in [-0.25, -0.2) is 4.79 Å². The number of thioether (sulfide) groups is 1. The minimum absolute atomic E-state index is 0.0440. The third-order valence-electron chi connectivity index (χ3n) is 4.09. The average molecular weight is 355 g/mol. The Labute approximate surface area is 151 Å². The molecule has 2 aromatic rings. The lowest BCUT2D eigenvalue weighted by atomic mass is 10.1. The molecule has 1 aliphatic rings. The van der Waals surface area contributed by atoms with Crippen molar-refractivity contribution in [1.29, 1.82) is 0 Å². The van der Waals surface area contributed by atoms with Crippen molar-refractivity contribution in [2.45, 2.75) is 24.2 Å². The van der Waals surface area contributed by atoms with Crippen molar-refractivity contribution < 1.29 is 9.59 Å². The summed E-state index contributed by atoms with van der Waals surface area (Å²) >= 11 is 1.55. The molecule has 3 rings (SSSR count). The SMILES string of the molecule is CNC(=O)Nc1ccc(NC(=O)CSc2ccc3c(c2)CCC3)cc1. The molecule has 0 aromatic heterocycles. The van der Waals surface area contributed by atoms with Gasteiger partial charge in [-0.1, -0.05) is 6.07 Å². The quantitative estimate of drug-likeness (QED) is 0.717. The third-order valence-corrected chi connectivity index (χ3v) is 5.09. The Kier molecular flexibility index (Phi) is 5.60. The van der Waals surface area contributed by atoms with E-state index in [0.29, 0.717) is 17.1 Å². The molecular weight excluding hydrogens is 334 g/mol. The number of nitrogens with one attached hydrogen (secondary N) is 3. The summed E-state index contributed by atoms with van der Waals surface area (Å²) in [5.74, 6) is 0.328. The maximum Gasteiger partial charge on any atom is 0.318 e. The fraction of sp³-hybridized carbons (Fsp3) is 0.263. The van der Waals surface area contributed by atoms with Gasteiger partial charge in [-0.3, -0.25) is 4.79 Å². The molecule has 2 aromatic carbocycles. The van der Waals surface area contributed by atoms with E-state index in [1.54, 1.807) is 43.1 Å². The highest BCUT2D eigenvalue weighted by Crippen LogP contribution is 2.27. The van der Waals surface area contributed by atoms with Crippen molar-refractivity contribution in [3.8, 4) is 0 Å². The molecule has 1 aliphatic carbocycles. The third kappa shape index (κ3) is 4.76. The molecule has 3 N–H and O–H groups in total. The summed E-state index contributed by atoms with van der Waals surface area (Å²) in [6.45, 7) is 0. The fourth-order valence-corrected chi connectivity index (χ4v) is 3.57. The van der Waals surface area contributed by atoms with Gasteiger partial charge in [0.05, 0.1) is 5.75 Å². The zero-order chi connectivity index (χ0) is 17.6. The molecule has 0 aliphatic heterocycles. The monoisotopic (exact) mass is 355 g/mol. The highest BCUT2D eigenvalue weighted by atomic mass is 32.2. The Bertz CT molecular complexity index is 775. The molecule has 0 bridgehead atoms. The highest BCUT2D eigenvalue weighted by Gasteiger charge is 2.11. The standard InChI is InChI=1S/C19H21N3O2S/c1-20-19(24)22-16-8-6-15(7-9-16)21-18(23)12-25-17-10-5-13-3-2-4-14(13)11-17/h5-11H,2-4,12H2,1H3,(H,21,23)(H2,20,22,24). The molecular formula is C19H21N3O2S. The Morgan fingerprint density at radius 1 is 0.960 bits per heavy atom. The Morgan fingerprint density at radius 3 is 2.36 bits per heavy atom. The van der Waals surface area contributed by atoms with E-state index < -0.39 is 0 Å². The van der Waals surface area contributed by atoms with Gasteiger partial charge in [-0.2, -0.15) is 0 Å². The van der Waals surface area contributed by atoms with Crippen molar-refractivity contribution in [2.24, 2.45) is 0 Å². The number of carbonyl (C=O) groups is 2. The van der Waals surface area contributed by atoms with Crippen LogP contribution in [0.2, 0.25) is 0 Å². The minimum Gasteiger partial charge on any atom is -0.341 e. The van der Waals surface area contributed by atoms with Crippen LogP contribution in [0.5, 0.6) is 0 Å². The number of benzene rings is 2. The van der Waals surface area contributed by atoms with Crippen molar-refractivity contribution in [3.05, 3.63) is 53.6 Å². The van der Waals surface area contributed by atoms with Crippen LogP contribution in [0.15, 0.2) is 47.4 Å². The van der Waals surface area contributed by atoms with Gasteiger partial charge in [0, 0.05) is 23.3 Å². The van der Waals surface area contributed by atoms with E-state index in [0.717, 1.165) is 11.3 Å². The summed E-state index contributed by atoms with van der Waals surface area (Å²) in [5, 5.41) is 8.03. The molecule has 0 fully saturated rings. The maximum atomic E-state index is 12.1. The van der Waals surface area contributed by atoms with Crippen LogP contribution in [0.25, 0.3) is 0 Å². The van der Waals surface area contributed by atoms with Gasteiger partial charge in [0.2, 0.25) is 5.91 Å². The molecule has 6 heteroatoms. The van der Waals surface area contributed by atoms with E-state index in [9.17, 15) is 9.59 Å². The van der Waals surface area contributed by atoms with Crippen LogP contribution in [0, 0.1) is 0 Å². The molecule has 130 valence electrons. The summed E-state index contributed by atoms with van der Waals surface area (Å²) in [7, 11) is 1.56. The van der Waals surface area contributed by atoms with Gasteiger partial charge in [-0.05, 0) is 66.8 Å². The largest absolute Gasteiger partial charge is 0.341 e. The average Bonchev–Trinajstić information content (AvgIpc) is 3.09. The first-order chi connectivity index (χ1) is 12.1. The van der Waals surface area contributed by atoms with E-state index >= 15 is 0 Å². The Balaban J connectivity index is 1.50. The number of amides is 3. The normalized spacial score (nSPS) is 12.4. The molecule has 25 heavy (non-hydrogen) atoms. The first-order valence-electron chi connectivity index (χ1n) is 8.27. The predicted molar refractivity (Wildman–Crippen MR) is 102 cm³/mol. The first-order valence-corrected chi connectivity index (χ1v) is 9.26. The van der Waals surface area contributed by atoms with Crippen molar-refractivity contribution in [3.63, 3.8) is 0 Å². The van der Waals surface area contributed by atoms with Crippen LogP contribution >= 0.6 is 11.8 Å². The van der Waals surface area contributed by atoms with Gasteiger partial charge >= 0.3 is 6.03 Å². The van der Waals surface area contributed by atoms with E-state index in [1.807, 2.05) is 0 Å². The molecule has 0 atom stereocenters. The smallest absolute Gasteiger partial charge is 0.318 e. The van der Waals surface area contributed by atoms with Crippen LogP contribution in [-0.2, 0) is 17.6 Å². The van der Waals surface area contributed by atoms with Crippen LogP contribution in [0.1, 0.15) is 17.5 Å². The zero-order valence-electron chi connectivity index (χ0n) is 14.1. The summed E-state index contributed by atoms with van der Waals surface area (Å²) in [6.07, 6.45) is 3.55. The Hall–Kier alpha value is -2.47. The lowest BCUT2D eigenvalue weighted by Gasteiger charge is -2.08. The number of hydrogen-bond acceptors (Lipinski definition) is 3. The van der Waals surface area contributed by atoms with Crippen molar-refractivity contribution in [2.75, 3.05) is 23.4 Å². The number of anilines is 2. The second-order valence-electron chi connectivity index (χ2n) is 5.90. The van der Waals surface area contributed by atoms with Gasteiger partial charge < -0.3 is 16.0 Å². The minimum atomic E-state index is -0.275. The second kappa shape index (κ2) is 8.07. The number of fused-ring (bicyclic) bond motifs is 1. The van der Waals surface area contributed by atoms with Gasteiger partial charge in [-0.15, -0.1) is 11.8 Å². The van der Waals surface area contributed by atoms with E-state index in [2.05, 4.69) is 34.1 Å². The van der Waals surface area contributed by atoms with E-state index in [1.165, 1.54) is 24.0 Å². The summed E-state index contributed by atoms with van der Waals surface area (Å²) in [6, 6.07) is 13.2. The molecule has 0 radical (unpaired) electrons. The summed E-state index contributed by atoms with van der Waals surface area (Å²) in [5.41, 5.74) is 4.25. The highest BCUT2D eigenvalue weighted by molar-refractivity contribution is 8.00. The molecule has 0 unspecified atom stereocenters. The molecule has 3 amide bonds. The lowest BCUT2D eigenvalue weighted by molar-refractivity contribution is -0.113. The van der Waals surface area contributed by atoms with Crippen LogP contribution in [0.4, 0.5) is 16.2 Å². The molecule has 0 saturated carbocycles. The molecule has 5 nitrogen and oxygen atoms in total. The number of aryl methyl sites for hydroxylation is 2. The van der Waals surface area contributed by atoms with Crippen LogP contribution in [-0.4, -0.2) is 24.7 Å². The van der Waals surface area contributed by atoms with E-state index in [4.69, 9.17) is 0 Å². The topological polar surface area (TPSA) is 70.2 Å². The van der Waals surface area contributed by atoms with Gasteiger partial charge in [0.15, 0.2) is 0 Å². The van der Waals surface area contributed by atoms with Gasteiger partial charge in [0.1, 0.15) is 0 Å². The molecule has 0 saturated heterocycles. The van der Waals surface area contributed by atoms with Crippen LogP contribution in [0.3, 0.4) is 0 Å². The predicted octanol–water partition coefficient (Wildman–Crippen LogP) is 3.66. The molecule has 0 heterocycles. The number of rotatable bonds is 5. The van der Waals surface area contributed by atoms with E-state index in [-0.39, 0.29) is 11.9 Å². The molecule has 0 spiro atoms. The van der Waals surface area contributed by atoms with Crippen LogP contribution < -0.4 is 16.0 Å². The lowest BCUT2D eigenvalue weighted by Crippen LogP contribution is -2.24. The first kappa shape index (κ1) is 17.4. The number of urea groups is 1. The number of hydrogen-bond donors (Lipinski definition) is 3. The fourth-order valence-electron chi connectivity index (χ4n) is 2.81. The number of carbonyl (C=O) groups excluding carboxylic acids is 2. The zero-order valence-corrected chi connectivity index (χ0v) is 14.9. The van der Waals surface area contributed by atoms with Crippen molar-refractivity contribution >= 4 is 35.1 Å². The maximum absolute atomic E-state index is 12.1. The second-order valence-corrected chi connectivity index (χ2v) is 6.95. The Morgan fingerprint density at radius 2 is 1.64 bits per heavy atom. The van der Waals surface area contributed by atoms with Gasteiger partial charge in [0.25, 0.3) is 0 Å². The summed E-state index contributed by atoms with van der Waals surface area (Å²) < 4.78 is 0. The van der Waals surface area contributed by atoms with Crippen molar-refractivity contribution in [1.82, 2.24) is 5.32 Å².